The molecule has 0 unspecified atom stereocenters. The number of hydrogen-bond donors (Lipinski definition) is 0. The van der Waals surface area contributed by atoms with Gasteiger partial charge < -0.3 is 4.90 Å². The summed E-state index contributed by atoms with van der Waals surface area (Å²) in [6.07, 6.45) is 0. The second-order valence-corrected chi connectivity index (χ2v) is 6.66. The average Bonchev–Trinajstić information content (AvgIpc) is 2.83. The van der Waals surface area contributed by atoms with Crippen molar-refractivity contribution in [3.8, 4) is 0 Å². The molecule has 0 spiro atoms. The molecule has 3 nitrogen and oxygen atoms in total. The molecule has 0 N–H and O–H groups in total. The summed E-state index contributed by atoms with van der Waals surface area (Å²) in [5, 5.41) is 1.27. The van der Waals surface area contributed by atoms with Crippen LogP contribution in [0.25, 0.3) is 10.2 Å². The summed E-state index contributed by atoms with van der Waals surface area (Å²) in [7, 11) is 1.81. The molecule has 112 valence electrons. The zero-order valence-electron chi connectivity index (χ0n) is 13.0. The predicted molar refractivity (Wildman–Crippen MR) is 91.4 cm³/mol. The molecule has 0 radical (unpaired) electrons. The first kappa shape index (κ1) is 14.7. The first-order valence-corrected chi connectivity index (χ1v) is 8.09. The van der Waals surface area contributed by atoms with Crippen molar-refractivity contribution < 1.29 is 9.36 Å². The van der Waals surface area contributed by atoms with Crippen molar-refractivity contribution >= 4 is 33.1 Å². The third-order valence-corrected chi connectivity index (χ3v) is 5.00. The lowest BCUT2D eigenvalue weighted by Gasteiger charge is -2.13. The molecule has 0 atom stereocenters. The lowest BCUT2D eigenvalue weighted by Crippen LogP contribution is -2.35. The Labute approximate surface area is 134 Å². The minimum Gasteiger partial charge on any atom is -0.315 e. The Balaban J connectivity index is 2.07. The van der Waals surface area contributed by atoms with Gasteiger partial charge in [0.25, 0.3) is 0 Å². The quantitative estimate of drug-likeness (QED) is 0.679. The maximum atomic E-state index is 11.6. The van der Waals surface area contributed by atoms with Gasteiger partial charge in [-0.05, 0) is 12.1 Å². The molecule has 3 aromatic rings. The smallest absolute Gasteiger partial charge is 0.235 e. The number of benzene rings is 2. The fourth-order valence-electron chi connectivity index (χ4n) is 2.54. The molecule has 0 bridgehead atoms. The predicted octanol–water partition coefficient (Wildman–Crippen LogP) is 3.53. The van der Waals surface area contributed by atoms with Crippen LogP contribution in [0.4, 0.5) is 5.69 Å². The standard InChI is InChI=1S/C18H19N2OS/c1-13(21)19(3)16-9-10-18-17(11-16)20(14(2)22-18)12-15-7-5-4-6-8-15/h4-11H,12H2,1-3H3/q+1. The number of nitrogens with zero attached hydrogens (tertiary/aromatic N) is 2. The van der Waals surface area contributed by atoms with Gasteiger partial charge in [0.2, 0.25) is 16.4 Å². The zero-order valence-corrected chi connectivity index (χ0v) is 13.9. The molecule has 3 rings (SSSR count). The van der Waals surface area contributed by atoms with Gasteiger partial charge in [0.05, 0.1) is 0 Å². The van der Waals surface area contributed by atoms with Crippen LogP contribution in [-0.2, 0) is 11.3 Å². The highest BCUT2D eigenvalue weighted by Gasteiger charge is 2.19. The Hall–Kier alpha value is -2.20. The minimum absolute atomic E-state index is 0.0425. The highest BCUT2D eigenvalue weighted by atomic mass is 32.1. The first-order chi connectivity index (χ1) is 10.6. The number of amides is 1. The van der Waals surface area contributed by atoms with E-state index in [-0.39, 0.29) is 5.91 Å². The Morgan fingerprint density at radius 1 is 1.18 bits per heavy atom. The summed E-state index contributed by atoms with van der Waals surface area (Å²) in [5.41, 5.74) is 3.39. The number of aromatic nitrogens is 1. The molecule has 2 aromatic carbocycles. The van der Waals surface area contributed by atoms with Crippen molar-refractivity contribution in [2.75, 3.05) is 11.9 Å². The number of thiazole rings is 1. The lowest BCUT2D eigenvalue weighted by atomic mass is 10.2. The van der Waals surface area contributed by atoms with E-state index in [2.05, 4.69) is 47.9 Å². The summed E-state index contributed by atoms with van der Waals surface area (Å²) in [5.74, 6) is 0.0425. The summed E-state index contributed by atoms with van der Waals surface area (Å²) in [6, 6.07) is 16.7. The third-order valence-electron chi connectivity index (χ3n) is 3.91. The molecule has 1 amide bonds. The molecule has 1 aromatic heterocycles. The van der Waals surface area contributed by atoms with Crippen LogP contribution in [0.5, 0.6) is 0 Å². The van der Waals surface area contributed by atoms with E-state index >= 15 is 0 Å². The van der Waals surface area contributed by atoms with E-state index in [1.54, 1.807) is 23.2 Å². The first-order valence-electron chi connectivity index (χ1n) is 7.27. The van der Waals surface area contributed by atoms with Crippen LogP contribution < -0.4 is 9.47 Å². The van der Waals surface area contributed by atoms with E-state index < -0.39 is 0 Å². The molecule has 0 saturated carbocycles. The second-order valence-electron chi connectivity index (χ2n) is 5.42. The maximum absolute atomic E-state index is 11.6. The summed E-state index contributed by atoms with van der Waals surface area (Å²) in [6.45, 7) is 4.57. The maximum Gasteiger partial charge on any atom is 0.235 e. The second kappa shape index (κ2) is 5.89. The van der Waals surface area contributed by atoms with Gasteiger partial charge in [0.15, 0.2) is 6.54 Å². The number of carbonyl (C=O) groups excluding carboxylic acids is 1. The molecule has 0 fully saturated rings. The van der Waals surface area contributed by atoms with E-state index in [1.165, 1.54) is 20.8 Å². The number of anilines is 1. The number of rotatable bonds is 3. The molecular weight excluding hydrogens is 292 g/mol. The van der Waals surface area contributed by atoms with Crippen LogP contribution in [0.2, 0.25) is 0 Å². The van der Waals surface area contributed by atoms with Crippen LogP contribution in [-0.4, -0.2) is 13.0 Å². The van der Waals surface area contributed by atoms with Gasteiger partial charge in [-0.15, -0.1) is 0 Å². The van der Waals surface area contributed by atoms with Crippen molar-refractivity contribution in [3.05, 3.63) is 59.1 Å². The molecule has 0 aliphatic rings. The molecule has 0 aliphatic carbocycles. The van der Waals surface area contributed by atoms with Crippen molar-refractivity contribution in [3.63, 3.8) is 0 Å². The van der Waals surface area contributed by atoms with E-state index in [9.17, 15) is 4.79 Å². The van der Waals surface area contributed by atoms with E-state index in [0.29, 0.717) is 0 Å². The van der Waals surface area contributed by atoms with Gasteiger partial charge in [-0.1, -0.05) is 41.7 Å². The molecular formula is C18H19N2OS+. The number of hydrogen-bond acceptors (Lipinski definition) is 2. The van der Waals surface area contributed by atoms with Crippen LogP contribution in [0.15, 0.2) is 48.5 Å². The van der Waals surface area contributed by atoms with Crippen molar-refractivity contribution in [2.24, 2.45) is 0 Å². The molecule has 0 aliphatic heterocycles. The zero-order chi connectivity index (χ0) is 15.7. The molecule has 0 saturated heterocycles. The normalized spacial score (nSPS) is 10.9. The van der Waals surface area contributed by atoms with Gasteiger partial charge in [-0.3, -0.25) is 4.79 Å². The van der Waals surface area contributed by atoms with E-state index in [1.807, 2.05) is 19.2 Å². The molecule has 4 heteroatoms. The van der Waals surface area contributed by atoms with Crippen LogP contribution in [0.3, 0.4) is 0 Å². The summed E-state index contributed by atoms with van der Waals surface area (Å²) >= 11 is 1.79. The highest BCUT2D eigenvalue weighted by molar-refractivity contribution is 7.18. The SMILES string of the molecule is CC(=O)N(C)c1ccc2sc(C)[n+](Cc3ccccc3)c2c1. The van der Waals surface area contributed by atoms with Crippen molar-refractivity contribution in [2.45, 2.75) is 20.4 Å². The van der Waals surface area contributed by atoms with E-state index in [0.717, 1.165) is 12.2 Å². The van der Waals surface area contributed by atoms with Gasteiger partial charge in [-0.2, -0.15) is 4.57 Å². The fraction of sp³-hybridized carbons (Fsp3) is 0.222. The minimum atomic E-state index is 0.0425. The lowest BCUT2D eigenvalue weighted by molar-refractivity contribution is -0.663. The number of fused-ring (bicyclic) bond motifs is 1. The Morgan fingerprint density at radius 3 is 2.59 bits per heavy atom. The topological polar surface area (TPSA) is 24.2 Å². The fourth-order valence-corrected chi connectivity index (χ4v) is 3.54. The number of carbonyl (C=O) groups is 1. The van der Waals surface area contributed by atoms with Gasteiger partial charge in [0, 0.05) is 38.2 Å². The third kappa shape index (κ3) is 2.74. The molecule has 22 heavy (non-hydrogen) atoms. The Kier molecular flexibility index (Phi) is 3.94. The number of aryl methyl sites for hydroxylation is 1. The summed E-state index contributed by atoms with van der Waals surface area (Å²) in [4.78, 5) is 13.3. The van der Waals surface area contributed by atoms with Crippen LogP contribution in [0, 0.1) is 6.92 Å². The van der Waals surface area contributed by atoms with Gasteiger partial charge in [0.1, 0.15) is 4.70 Å². The highest BCUT2D eigenvalue weighted by Crippen LogP contribution is 2.25. The van der Waals surface area contributed by atoms with Crippen molar-refractivity contribution in [1.29, 1.82) is 0 Å². The van der Waals surface area contributed by atoms with Crippen LogP contribution in [0.1, 0.15) is 17.5 Å². The van der Waals surface area contributed by atoms with Gasteiger partial charge in [-0.25, -0.2) is 0 Å². The van der Waals surface area contributed by atoms with Gasteiger partial charge >= 0.3 is 0 Å². The molecule has 1 heterocycles. The van der Waals surface area contributed by atoms with Crippen LogP contribution >= 0.6 is 11.3 Å². The monoisotopic (exact) mass is 311 g/mol. The van der Waals surface area contributed by atoms with Crippen molar-refractivity contribution in [1.82, 2.24) is 0 Å². The summed E-state index contributed by atoms with van der Waals surface area (Å²) < 4.78 is 3.56. The largest absolute Gasteiger partial charge is 0.315 e. The van der Waals surface area contributed by atoms with E-state index in [4.69, 9.17) is 0 Å². The Morgan fingerprint density at radius 2 is 1.91 bits per heavy atom. The average molecular weight is 311 g/mol. The Bertz CT molecular complexity index is 824.